The second-order valence-corrected chi connectivity index (χ2v) is 11.4. The van der Waals surface area contributed by atoms with Gasteiger partial charge in [-0.05, 0) is 60.9 Å². The van der Waals surface area contributed by atoms with Crippen molar-refractivity contribution in [1.82, 2.24) is 19.7 Å². The molecule has 0 aliphatic rings. The number of amides is 2. The van der Waals surface area contributed by atoms with Crippen LogP contribution in [0.2, 0.25) is 0 Å². The third-order valence-corrected chi connectivity index (χ3v) is 8.76. The Labute approximate surface area is 240 Å². The largest absolute Gasteiger partial charge is 0.325 e. The van der Waals surface area contributed by atoms with E-state index in [2.05, 4.69) is 25.8 Å². The molecule has 202 valence electrons. The molecule has 2 aromatic heterocycles. The summed E-state index contributed by atoms with van der Waals surface area (Å²) in [5.41, 5.74) is 3.19. The Morgan fingerprint density at radius 3 is 2.42 bits per heavy atom. The van der Waals surface area contributed by atoms with Gasteiger partial charge in [-0.15, -0.1) is 21.5 Å². The molecular formula is C26H21N7O4S3. The molecule has 0 spiro atoms. The number of benzene rings is 3. The minimum Gasteiger partial charge on any atom is -0.325 e. The maximum Gasteiger partial charge on any atom is 0.269 e. The molecule has 5 rings (SSSR count). The van der Waals surface area contributed by atoms with Crippen molar-refractivity contribution >= 4 is 74.0 Å². The first kappa shape index (κ1) is 27.3. The molecule has 2 N–H and O–H groups in total. The standard InChI is InChI=1S/C26H21N7O4S3/c1-32-23(15-3-7-17(8-4-15)28-24(35)16-5-10-19(11-6-16)33(36)37)30-31-25(32)39-14-22(34)27-18-9-12-20-21(13-18)40-26(29-20)38-2/h3-13H,14H2,1-2H3,(H,27,34)(H,28,35). The second kappa shape index (κ2) is 11.9. The zero-order chi connectivity index (χ0) is 28.2. The highest BCUT2D eigenvalue weighted by Crippen LogP contribution is 2.30. The highest BCUT2D eigenvalue weighted by Gasteiger charge is 2.15. The Bertz CT molecular complexity index is 1720. The van der Waals surface area contributed by atoms with Gasteiger partial charge in [0.15, 0.2) is 15.3 Å². The average molecular weight is 592 g/mol. The van der Waals surface area contributed by atoms with E-state index in [-0.39, 0.29) is 23.3 Å². The monoisotopic (exact) mass is 591 g/mol. The van der Waals surface area contributed by atoms with Gasteiger partial charge >= 0.3 is 0 Å². The first-order chi connectivity index (χ1) is 19.3. The lowest BCUT2D eigenvalue weighted by Gasteiger charge is -2.08. The van der Waals surface area contributed by atoms with Crippen molar-refractivity contribution in [2.75, 3.05) is 22.6 Å². The van der Waals surface area contributed by atoms with Gasteiger partial charge in [-0.2, -0.15) is 0 Å². The molecule has 0 bridgehead atoms. The molecule has 0 aliphatic heterocycles. The maximum atomic E-state index is 12.6. The molecule has 2 amide bonds. The smallest absolute Gasteiger partial charge is 0.269 e. The number of nitro groups is 1. The Hall–Kier alpha value is -4.27. The fourth-order valence-corrected chi connectivity index (χ4v) is 5.97. The highest BCUT2D eigenvalue weighted by molar-refractivity contribution is 8.00. The summed E-state index contributed by atoms with van der Waals surface area (Å²) in [6.45, 7) is 0. The summed E-state index contributed by atoms with van der Waals surface area (Å²) >= 11 is 4.46. The van der Waals surface area contributed by atoms with E-state index >= 15 is 0 Å². The molecule has 0 aliphatic carbocycles. The van der Waals surface area contributed by atoms with Crippen molar-refractivity contribution in [3.63, 3.8) is 0 Å². The lowest BCUT2D eigenvalue weighted by Crippen LogP contribution is -2.14. The number of nitro benzene ring substituents is 1. The number of carbonyl (C=O) groups excluding carboxylic acids is 2. The number of anilines is 2. The Balaban J connectivity index is 1.18. The van der Waals surface area contributed by atoms with Crippen molar-refractivity contribution in [3.05, 3.63) is 82.4 Å². The minimum atomic E-state index is -0.517. The number of hydrogen-bond donors (Lipinski definition) is 2. The van der Waals surface area contributed by atoms with Gasteiger partial charge in [-0.3, -0.25) is 19.7 Å². The number of thiazole rings is 1. The topological polar surface area (TPSA) is 145 Å². The number of hydrogen-bond acceptors (Lipinski definition) is 10. The van der Waals surface area contributed by atoms with E-state index < -0.39 is 4.92 Å². The number of carbonyl (C=O) groups is 2. The van der Waals surface area contributed by atoms with Gasteiger partial charge in [0, 0.05) is 41.7 Å². The van der Waals surface area contributed by atoms with Gasteiger partial charge in [-0.25, -0.2) is 4.98 Å². The van der Waals surface area contributed by atoms with E-state index in [9.17, 15) is 19.7 Å². The summed E-state index contributed by atoms with van der Waals surface area (Å²) in [5, 5.41) is 25.6. The Kier molecular flexibility index (Phi) is 8.09. The number of non-ortho nitro benzene ring substituents is 1. The number of rotatable bonds is 9. The fourth-order valence-electron chi connectivity index (χ4n) is 3.73. The van der Waals surface area contributed by atoms with E-state index in [1.54, 1.807) is 51.9 Å². The summed E-state index contributed by atoms with van der Waals surface area (Å²) in [4.78, 5) is 39.8. The summed E-state index contributed by atoms with van der Waals surface area (Å²) in [7, 11) is 1.82. The van der Waals surface area contributed by atoms with Gasteiger partial charge in [0.05, 0.1) is 20.9 Å². The van der Waals surface area contributed by atoms with Crippen LogP contribution in [-0.4, -0.2) is 48.5 Å². The fraction of sp³-hybridized carbons (Fsp3) is 0.115. The van der Waals surface area contributed by atoms with Crippen LogP contribution in [0.15, 0.2) is 76.2 Å². The van der Waals surface area contributed by atoms with Crippen molar-refractivity contribution < 1.29 is 14.5 Å². The van der Waals surface area contributed by atoms with Crippen LogP contribution in [0.5, 0.6) is 0 Å². The molecule has 2 heterocycles. The van der Waals surface area contributed by atoms with Gasteiger partial charge in [0.1, 0.15) is 0 Å². The molecule has 3 aromatic carbocycles. The van der Waals surface area contributed by atoms with Gasteiger partial charge in [0.25, 0.3) is 11.6 Å². The van der Waals surface area contributed by atoms with Gasteiger partial charge in [-0.1, -0.05) is 23.5 Å². The van der Waals surface area contributed by atoms with Crippen LogP contribution in [0.1, 0.15) is 10.4 Å². The van der Waals surface area contributed by atoms with E-state index in [4.69, 9.17) is 0 Å². The maximum absolute atomic E-state index is 12.6. The molecule has 11 nitrogen and oxygen atoms in total. The lowest BCUT2D eigenvalue weighted by molar-refractivity contribution is -0.384. The molecule has 5 aromatic rings. The van der Waals surface area contributed by atoms with E-state index in [1.807, 2.05) is 31.5 Å². The Morgan fingerprint density at radius 2 is 1.73 bits per heavy atom. The third-order valence-electron chi connectivity index (χ3n) is 5.74. The third kappa shape index (κ3) is 6.14. The van der Waals surface area contributed by atoms with E-state index in [0.29, 0.717) is 27.9 Å². The molecule has 0 saturated heterocycles. The first-order valence-corrected chi connectivity index (χ1v) is 14.8. The second-order valence-electron chi connectivity index (χ2n) is 8.40. The van der Waals surface area contributed by atoms with Crippen molar-refractivity contribution in [3.8, 4) is 11.4 Å². The van der Waals surface area contributed by atoms with E-state index in [0.717, 1.165) is 20.1 Å². The predicted molar refractivity (Wildman–Crippen MR) is 158 cm³/mol. The summed E-state index contributed by atoms with van der Waals surface area (Å²) < 4.78 is 3.80. The van der Waals surface area contributed by atoms with Crippen LogP contribution >= 0.6 is 34.9 Å². The Morgan fingerprint density at radius 1 is 1.00 bits per heavy atom. The molecule has 0 unspecified atom stereocenters. The number of aromatic nitrogens is 4. The quantitative estimate of drug-likeness (QED) is 0.125. The highest BCUT2D eigenvalue weighted by atomic mass is 32.2. The van der Waals surface area contributed by atoms with Crippen LogP contribution in [0.25, 0.3) is 21.6 Å². The number of nitrogens with one attached hydrogen (secondary N) is 2. The molecule has 0 fully saturated rings. The normalized spacial score (nSPS) is 10.9. The summed E-state index contributed by atoms with van der Waals surface area (Å²) in [6, 6.07) is 18.1. The molecule has 0 atom stereocenters. The van der Waals surface area contributed by atoms with Crippen LogP contribution < -0.4 is 10.6 Å². The average Bonchev–Trinajstić information content (AvgIpc) is 3.54. The van der Waals surface area contributed by atoms with Crippen molar-refractivity contribution in [2.45, 2.75) is 9.50 Å². The first-order valence-electron chi connectivity index (χ1n) is 11.7. The van der Waals surface area contributed by atoms with E-state index in [1.165, 1.54) is 36.0 Å². The van der Waals surface area contributed by atoms with Crippen LogP contribution in [0.4, 0.5) is 17.1 Å². The summed E-state index contributed by atoms with van der Waals surface area (Å²) in [5.74, 6) is 0.235. The van der Waals surface area contributed by atoms with Gasteiger partial charge in [0.2, 0.25) is 5.91 Å². The van der Waals surface area contributed by atoms with Crippen LogP contribution in [0.3, 0.4) is 0 Å². The zero-order valence-electron chi connectivity index (χ0n) is 21.2. The van der Waals surface area contributed by atoms with Crippen LogP contribution in [0, 0.1) is 10.1 Å². The molecule has 0 saturated carbocycles. The molecule has 0 radical (unpaired) electrons. The summed E-state index contributed by atoms with van der Waals surface area (Å²) in [6.07, 6.45) is 1.98. The van der Waals surface area contributed by atoms with Gasteiger partial charge < -0.3 is 15.2 Å². The van der Waals surface area contributed by atoms with Crippen LogP contribution in [-0.2, 0) is 11.8 Å². The number of nitrogens with zero attached hydrogens (tertiary/aromatic N) is 5. The molecule has 40 heavy (non-hydrogen) atoms. The number of thioether (sulfide) groups is 2. The van der Waals surface area contributed by atoms with Crippen molar-refractivity contribution in [1.29, 1.82) is 0 Å². The van der Waals surface area contributed by atoms with Crippen molar-refractivity contribution in [2.24, 2.45) is 7.05 Å². The molecule has 14 heteroatoms. The molecular weight excluding hydrogens is 571 g/mol. The minimum absolute atomic E-state index is 0.0821. The lowest BCUT2D eigenvalue weighted by atomic mass is 10.1. The SMILES string of the molecule is CSc1nc2ccc(NC(=O)CSc3nnc(-c4ccc(NC(=O)c5ccc([N+](=O)[O-])cc5)cc4)n3C)cc2s1. The zero-order valence-corrected chi connectivity index (χ0v) is 23.6. The predicted octanol–water partition coefficient (Wildman–Crippen LogP) is 5.71. The number of fused-ring (bicyclic) bond motifs is 1.